The second-order valence-electron chi connectivity index (χ2n) is 6.67. The van der Waals surface area contributed by atoms with Crippen LogP contribution in [0.5, 0.6) is 0 Å². The molecule has 2 heterocycles. The van der Waals surface area contributed by atoms with E-state index in [1.807, 2.05) is 29.1 Å². The quantitative estimate of drug-likeness (QED) is 0.484. The van der Waals surface area contributed by atoms with E-state index in [1.165, 1.54) is 5.56 Å². The van der Waals surface area contributed by atoms with Crippen LogP contribution in [0.2, 0.25) is 0 Å². The van der Waals surface area contributed by atoms with Gasteiger partial charge in [0.1, 0.15) is 12.1 Å². The molecular weight excluding hydrogens is 334 g/mol. The summed E-state index contributed by atoms with van der Waals surface area (Å²) in [5.41, 5.74) is 4.16. The van der Waals surface area contributed by atoms with Gasteiger partial charge in [-0.3, -0.25) is 0 Å². The van der Waals surface area contributed by atoms with Gasteiger partial charge in [0.15, 0.2) is 5.65 Å². The first-order chi connectivity index (χ1) is 13.3. The Balaban J connectivity index is 1.84. The van der Waals surface area contributed by atoms with E-state index in [1.54, 1.807) is 6.33 Å². The van der Waals surface area contributed by atoms with Gasteiger partial charge in [0.2, 0.25) is 0 Å². The van der Waals surface area contributed by atoms with E-state index in [2.05, 4.69) is 70.2 Å². The summed E-state index contributed by atoms with van der Waals surface area (Å²) in [6.45, 7) is 5.19. The van der Waals surface area contributed by atoms with Crippen LogP contribution in [0.25, 0.3) is 16.7 Å². The number of hydrogen-bond acceptors (Lipinski definition) is 4. The maximum absolute atomic E-state index is 4.62. The number of aryl methyl sites for hydroxylation is 1. The molecule has 0 bridgehead atoms. The molecular formula is C22H23N5. The van der Waals surface area contributed by atoms with E-state index in [0.717, 1.165) is 47.6 Å². The van der Waals surface area contributed by atoms with Crippen molar-refractivity contribution in [2.75, 3.05) is 11.4 Å². The molecule has 5 nitrogen and oxygen atoms in total. The molecule has 0 aliphatic heterocycles. The van der Waals surface area contributed by atoms with Crippen LogP contribution in [0.15, 0.2) is 67.1 Å². The summed E-state index contributed by atoms with van der Waals surface area (Å²) >= 11 is 0. The number of fused-ring (bicyclic) bond motifs is 1. The zero-order valence-corrected chi connectivity index (χ0v) is 15.7. The van der Waals surface area contributed by atoms with Crippen LogP contribution in [0.4, 0.5) is 11.5 Å². The third-order valence-electron chi connectivity index (χ3n) is 4.65. The number of benzene rings is 2. The molecule has 27 heavy (non-hydrogen) atoms. The highest BCUT2D eigenvalue weighted by molar-refractivity contribution is 5.90. The second kappa shape index (κ2) is 7.58. The molecule has 0 atom stereocenters. The fourth-order valence-corrected chi connectivity index (χ4v) is 3.28. The monoisotopic (exact) mass is 357 g/mol. The summed E-state index contributed by atoms with van der Waals surface area (Å²) < 4.78 is 1.89. The van der Waals surface area contributed by atoms with Crippen LogP contribution >= 0.6 is 0 Å². The summed E-state index contributed by atoms with van der Waals surface area (Å²) in [5, 5.41) is 5.57. The van der Waals surface area contributed by atoms with Gasteiger partial charge < -0.3 is 4.90 Å². The smallest absolute Gasteiger partial charge is 0.168 e. The number of rotatable bonds is 6. The number of unbranched alkanes of at least 4 members (excludes halogenated alkanes) is 1. The molecule has 136 valence electrons. The molecule has 0 fully saturated rings. The van der Waals surface area contributed by atoms with Crippen molar-refractivity contribution in [3.63, 3.8) is 0 Å². The molecule has 0 unspecified atom stereocenters. The van der Waals surface area contributed by atoms with E-state index >= 15 is 0 Å². The highest BCUT2D eigenvalue weighted by atomic mass is 15.3. The summed E-state index contributed by atoms with van der Waals surface area (Å²) in [6.07, 6.45) is 5.72. The number of hydrogen-bond donors (Lipinski definition) is 0. The van der Waals surface area contributed by atoms with Gasteiger partial charge in [-0.1, -0.05) is 43.7 Å². The Labute approximate surface area is 159 Å². The van der Waals surface area contributed by atoms with Crippen molar-refractivity contribution in [1.82, 2.24) is 19.7 Å². The van der Waals surface area contributed by atoms with Gasteiger partial charge in [-0.05, 0) is 43.2 Å². The summed E-state index contributed by atoms with van der Waals surface area (Å²) in [4.78, 5) is 11.4. The van der Waals surface area contributed by atoms with Crippen molar-refractivity contribution in [3.8, 4) is 5.69 Å². The Hall–Kier alpha value is -3.21. The minimum atomic E-state index is 0.822. The Kier molecular flexibility index (Phi) is 4.83. The average molecular weight is 357 g/mol. The predicted molar refractivity (Wildman–Crippen MR) is 110 cm³/mol. The Morgan fingerprint density at radius 2 is 1.85 bits per heavy atom. The van der Waals surface area contributed by atoms with Gasteiger partial charge in [-0.15, -0.1) is 0 Å². The maximum Gasteiger partial charge on any atom is 0.168 e. The van der Waals surface area contributed by atoms with Crippen LogP contribution < -0.4 is 4.90 Å². The zero-order valence-electron chi connectivity index (χ0n) is 15.7. The maximum atomic E-state index is 4.62. The molecule has 0 amide bonds. The van der Waals surface area contributed by atoms with Crippen molar-refractivity contribution in [2.24, 2.45) is 0 Å². The zero-order chi connectivity index (χ0) is 18.6. The molecule has 4 rings (SSSR count). The van der Waals surface area contributed by atoms with E-state index in [4.69, 9.17) is 0 Å². The van der Waals surface area contributed by atoms with Crippen LogP contribution in [-0.2, 0) is 0 Å². The molecule has 2 aromatic heterocycles. The normalized spacial score (nSPS) is 11.0. The second-order valence-corrected chi connectivity index (χ2v) is 6.67. The molecule has 0 radical (unpaired) electrons. The van der Waals surface area contributed by atoms with Gasteiger partial charge in [0, 0.05) is 12.2 Å². The molecule has 5 heteroatoms. The molecule has 2 aromatic carbocycles. The molecule has 0 aliphatic carbocycles. The lowest BCUT2D eigenvalue weighted by molar-refractivity contribution is 0.780. The van der Waals surface area contributed by atoms with Crippen molar-refractivity contribution in [2.45, 2.75) is 26.7 Å². The Bertz CT molecular complexity index is 1040. The van der Waals surface area contributed by atoms with Crippen molar-refractivity contribution >= 4 is 22.5 Å². The number of nitrogens with zero attached hydrogens (tertiary/aromatic N) is 5. The molecule has 0 spiro atoms. The molecule has 0 N–H and O–H groups in total. The average Bonchev–Trinajstić information content (AvgIpc) is 3.14. The van der Waals surface area contributed by atoms with Crippen molar-refractivity contribution in [3.05, 3.63) is 72.7 Å². The summed E-state index contributed by atoms with van der Waals surface area (Å²) in [5.74, 6) is 0.901. The minimum absolute atomic E-state index is 0.822. The van der Waals surface area contributed by atoms with Crippen LogP contribution in [0.3, 0.4) is 0 Å². The minimum Gasteiger partial charge on any atom is -0.326 e. The first kappa shape index (κ1) is 17.2. The third kappa shape index (κ3) is 3.40. The third-order valence-corrected chi connectivity index (χ3v) is 4.65. The molecule has 0 aliphatic rings. The van der Waals surface area contributed by atoms with Gasteiger partial charge >= 0.3 is 0 Å². The molecule has 0 saturated heterocycles. The first-order valence-corrected chi connectivity index (χ1v) is 9.36. The highest BCUT2D eigenvalue weighted by Crippen LogP contribution is 2.30. The van der Waals surface area contributed by atoms with E-state index in [9.17, 15) is 0 Å². The van der Waals surface area contributed by atoms with E-state index < -0.39 is 0 Å². The summed E-state index contributed by atoms with van der Waals surface area (Å²) in [6, 6.07) is 18.7. The van der Waals surface area contributed by atoms with Crippen LogP contribution in [-0.4, -0.2) is 26.3 Å². The SMILES string of the molecule is CCCCN(c1ccccc1)c1ncnc2c1cnn2-c1cccc(C)c1. The Morgan fingerprint density at radius 3 is 2.63 bits per heavy atom. The van der Waals surface area contributed by atoms with E-state index in [-0.39, 0.29) is 0 Å². The number of anilines is 2. The summed E-state index contributed by atoms with van der Waals surface area (Å²) in [7, 11) is 0. The lowest BCUT2D eigenvalue weighted by Gasteiger charge is -2.24. The van der Waals surface area contributed by atoms with Gasteiger partial charge in [0.25, 0.3) is 0 Å². The largest absolute Gasteiger partial charge is 0.326 e. The molecule has 4 aromatic rings. The van der Waals surface area contributed by atoms with Crippen LogP contribution in [0, 0.1) is 6.92 Å². The van der Waals surface area contributed by atoms with Crippen molar-refractivity contribution < 1.29 is 0 Å². The Morgan fingerprint density at radius 1 is 1.00 bits per heavy atom. The number of para-hydroxylation sites is 1. The van der Waals surface area contributed by atoms with E-state index in [0.29, 0.717) is 0 Å². The standard InChI is InChI=1S/C22H23N5/c1-3-4-13-26(18-10-6-5-7-11-18)21-20-15-25-27(22(20)24-16-23-21)19-12-8-9-17(2)14-19/h5-12,14-16H,3-4,13H2,1-2H3. The predicted octanol–water partition coefficient (Wildman–Crippen LogP) is 5.06. The fourth-order valence-electron chi connectivity index (χ4n) is 3.28. The highest BCUT2D eigenvalue weighted by Gasteiger charge is 2.17. The van der Waals surface area contributed by atoms with Crippen LogP contribution in [0.1, 0.15) is 25.3 Å². The molecule has 0 saturated carbocycles. The fraction of sp³-hybridized carbons (Fsp3) is 0.227. The van der Waals surface area contributed by atoms with Gasteiger partial charge in [-0.2, -0.15) is 5.10 Å². The van der Waals surface area contributed by atoms with Crippen molar-refractivity contribution in [1.29, 1.82) is 0 Å². The van der Waals surface area contributed by atoms with Gasteiger partial charge in [-0.25, -0.2) is 14.6 Å². The topological polar surface area (TPSA) is 46.8 Å². The van der Waals surface area contributed by atoms with Gasteiger partial charge in [0.05, 0.1) is 17.3 Å². The lowest BCUT2D eigenvalue weighted by atomic mass is 10.2. The number of aromatic nitrogens is 4. The first-order valence-electron chi connectivity index (χ1n) is 9.36. The lowest BCUT2D eigenvalue weighted by Crippen LogP contribution is -2.19.